The van der Waals surface area contributed by atoms with E-state index in [0.29, 0.717) is 12.0 Å². The molecular weight excluding hydrogens is 208 g/mol. The van der Waals surface area contributed by atoms with E-state index in [4.69, 9.17) is 0 Å². The van der Waals surface area contributed by atoms with Gasteiger partial charge in [0, 0.05) is 23.5 Å². The predicted molar refractivity (Wildman–Crippen MR) is 71.2 cm³/mol. The highest BCUT2D eigenvalue weighted by atomic mass is 14.9. The molecule has 0 spiro atoms. The summed E-state index contributed by atoms with van der Waals surface area (Å²) in [7, 11) is 0. The summed E-state index contributed by atoms with van der Waals surface area (Å²) in [5.41, 5.74) is 2.60. The third kappa shape index (κ3) is 1.83. The molecule has 0 bridgehead atoms. The number of hydrogen-bond donors (Lipinski definition) is 1. The van der Waals surface area contributed by atoms with Gasteiger partial charge in [-0.3, -0.25) is 4.98 Å². The van der Waals surface area contributed by atoms with Crippen molar-refractivity contribution >= 4 is 10.9 Å². The van der Waals surface area contributed by atoms with Crippen LogP contribution in [0.4, 0.5) is 0 Å². The SMILES string of the molecule is CCC1NCCC1c1cccc2cccnc12. The maximum absolute atomic E-state index is 4.57. The van der Waals surface area contributed by atoms with Gasteiger partial charge in [0.2, 0.25) is 0 Å². The number of rotatable bonds is 2. The van der Waals surface area contributed by atoms with Crippen molar-refractivity contribution in [1.29, 1.82) is 0 Å². The van der Waals surface area contributed by atoms with Gasteiger partial charge in [-0.15, -0.1) is 0 Å². The highest BCUT2D eigenvalue weighted by Crippen LogP contribution is 2.33. The number of benzene rings is 1. The van der Waals surface area contributed by atoms with Gasteiger partial charge in [0.15, 0.2) is 0 Å². The first-order valence-electron chi connectivity index (χ1n) is 6.47. The molecule has 1 aromatic carbocycles. The Morgan fingerprint density at radius 1 is 1.29 bits per heavy atom. The van der Waals surface area contributed by atoms with Gasteiger partial charge < -0.3 is 5.32 Å². The quantitative estimate of drug-likeness (QED) is 0.851. The van der Waals surface area contributed by atoms with Crippen LogP contribution in [0.5, 0.6) is 0 Å². The number of para-hydroxylation sites is 1. The zero-order chi connectivity index (χ0) is 11.7. The number of pyridine rings is 1. The maximum Gasteiger partial charge on any atom is 0.0737 e. The molecule has 17 heavy (non-hydrogen) atoms. The van der Waals surface area contributed by atoms with Crippen LogP contribution in [-0.2, 0) is 0 Å². The number of aromatic nitrogens is 1. The average molecular weight is 226 g/mol. The Labute approximate surface area is 102 Å². The molecule has 0 amide bonds. The van der Waals surface area contributed by atoms with E-state index in [2.05, 4.69) is 41.5 Å². The van der Waals surface area contributed by atoms with E-state index >= 15 is 0 Å². The van der Waals surface area contributed by atoms with Crippen LogP contribution in [-0.4, -0.2) is 17.6 Å². The van der Waals surface area contributed by atoms with Gasteiger partial charge in [-0.05, 0) is 31.0 Å². The molecular formula is C15H18N2. The number of hydrogen-bond acceptors (Lipinski definition) is 2. The Kier molecular flexibility index (Phi) is 2.81. The summed E-state index contributed by atoms with van der Waals surface area (Å²) in [6.07, 6.45) is 4.32. The van der Waals surface area contributed by atoms with Crippen LogP contribution < -0.4 is 5.32 Å². The minimum Gasteiger partial charge on any atom is -0.313 e. The Balaban J connectivity index is 2.10. The van der Waals surface area contributed by atoms with E-state index in [-0.39, 0.29) is 0 Å². The average Bonchev–Trinajstić information content (AvgIpc) is 2.86. The van der Waals surface area contributed by atoms with E-state index in [1.54, 1.807) is 0 Å². The van der Waals surface area contributed by atoms with Crippen molar-refractivity contribution in [2.75, 3.05) is 6.54 Å². The van der Waals surface area contributed by atoms with E-state index in [0.717, 1.165) is 6.54 Å². The normalized spacial score (nSPS) is 24.3. The lowest BCUT2D eigenvalue weighted by atomic mass is 9.89. The van der Waals surface area contributed by atoms with Crippen LogP contribution in [0.2, 0.25) is 0 Å². The summed E-state index contributed by atoms with van der Waals surface area (Å²) in [4.78, 5) is 4.57. The second-order valence-electron chi connectivity index (χ2n) is 4.79. The first-order valence-corrected chi connectivity index (χ1v) is 6.47. The van der Waals surface area contributed by atoms with Gasteiger partial charge in [0.1, 0.15) is 0 Å². The predicted octanol–water partition coefficient (Wildman–Crippen LogP) is 3.09. The molecule has 0 saturated carbocycles. The molecule has 1 fully saturated rings. The van der Waals surface area contributed by atoms with Crippen molar-refractivity contribution in [3.63, 3.8) is 0 Å². The molecule has 1 aliphatic heterocycles. The lowest BCUT2D eigenvalue weighted by Crippen LogP contribution is -2.24. The summed E-state index contributed by atoms with van der Waals surface area (Å²) in [6.45, 7) is 3.39. The van der Waals surface area contributed by atoms with E-state index in [9.17, 15) is 0 Å². The largest absolute Gasteiger partial charge is 0.313 e. The topological polar surface area (TPSA) is 24.9 Å². The van der Waals surface area contributed by atoms with Crippen molar-refractivity contribution < 1.29 is 0 Å². The maximum atomic E-state index is 4.57. The summed E-state index contributed by atoms with van der Waals surface area (Å²) in [5.74, 6) is 0.624. The molecule has 1 N–H and O–H groups in total. The minimum atomic E-state index is 0.614. The summed E-state index contributed by atoms with van der Waals surface area (Å²) < 4.78 is 0. The summed E-state index contributed by atoms with van der Waals surface area (Å²) >= 11 is 0. The van der Waals surface area contributed by atoms with Crippen molar-refractivity contribution in [2.24, 2.45) is 0 Å². The second kappa shape index (κ2) is 4.46. The van der Waals surface area contributed by atoms with Crippen molar-refractivity contribution in [2.45, 2.75) is 31.7 Å². The van der Waals surface area contributed by atoms with E-state index in [1.807, 2.05) is 12.3 Å². The van der Waals surface area contributed by atoms with Gasteiger partial charge >= 0.3 is 0 Å². The Morgan fingerprint density at radius 3 is 3.06 bits per heavy atom. The third-order valence-electron chi connectivity index (χ3n) is 3.85. The fourth-order valence-corrected chi connectivity index (χ4v) is 3.00. The Bertz CT molecular complexity index is 516. The summed E-state index contributed by atoms with van der Waals surface area (Å²) in [6, 6.07) is 11.3. The number of nitrogens with zero attached hydrogens (tertiary/aromatic N) is 1. The van der Waals surface area contributed by atoms with Crippen molar-refractivity contribution in [1.82, 2.24) is 10.3 Å². The van der Waals surface area contributed by atoms with Crippen molar-refractivity contribution in [3.05, 3.63) is 42.1 Å². The lowest BCUT2D eigenvalue weighted by molar-refractivity contribution is 0.533. The van der Waals surface area contributed by atoms with Crippen LogP contribution in [0.3, 0.4) is 0 Å². The second-order valence-corrected chi connectivity index (χ2v) is 4.79. The van der Waals surface area contributed by atoms with Gasteiger partial charge in [0.05, 0.1) is 5.52 Å². The fourth-order valence-electron chi connectivity index (χ4n) is 3.00. The van der Waals surface area contributed by atoms with Crippen LogP contribution in [0, 0.1) is 0 Å². The van der Waals surface area contributed by atoms with E-state index < -0.39 is 0 Å². The molecule has 2 aromatic rings. The number of fused-ring (bicyclic) bond motifs is 1. The van der Waals surface area contributed by atoms with Crippen LogP contribution >= 0.6 is 0 Å². The zero-order valence-corrected chi connectivity index (χ0v) is 10.2. The Hall–Kier alpha value is -1.41. The summed E-state index contributed by atoms with van der Waals surface area (Å²) in [5, 5.41) is 4.85. The van der Waals surface area contributed by atoms with Crippen LogP contribution in [0.15, 0.2) is 36.5 Å². The Morgan fingerprint density at radius 2 is 2.18 bits per heavy atom. The van der Waals surface area contributed by atoms with Crippen LogP contribution in [0.25, 0.3) is 10.9 Å². The molecule has 2 nitrogen and oxygen atoms in total. The molecule has 3 rings (SSSR count). The first-order chi connectivity index (χ1) is 8.40. The smallest absolute Gasteiger partial charge is 0.0737 e. The zero-order valence-electron chi connectivity index (χ0n) is 10.2. The van der Waals surface area contributed by atoms with Gasteiger partial charge in [-0.25, -0.2) is 0 Å². The molecule has 2 atom stereocenters. The molecule has 1 aliphatic rings. The standard InChI is InChI=1S/C15H18N2/c1-2-14-12(8-10-16-14)13-7-3-5-11-6-4-9-17-15(11)13/h3-7,9,12,14,16H,2,8,10H2,1H3. The monoisotopic (exact) mass is 226 g/mol. The molecule has 0 aliphatic carbocycles. The molecule has 1 aromatic heterocycles. The molecule has 2 heterocycles. The van der Waals surface area contributed by atoms with Gasteiger partial charge in [0.25, 0.3) is 0 Å². The van der Waals surface area contributed by atoms with E-state index in [1.165, 1.54) is 29.3 Å². The highest BCUT2D eigenvalue weighted by Gasteiger charge is 2.27. The highest BCUT2D eigenvalue weighted by molar-refractivity contribution is 5.82. The molecule has 0 radical (unpaired) electrons. The molecule has 2 heteroatoms. The van der Waals surface area contributed by atoms with Gasteiger partial charge in [-0.1, -0.05) is 31.2 Å². The minimum absolute atomic E-state index is 0.614. The van der Waals surface area contributed by atoms with Gasteiger partial charge in [-0.2, -0.15) is 0 Å². The fraction of sp³-hybridized carbons (Fsp3) is 0.400. The molecule has 2 unspecified atom stereocenters. The third-order valence-corrected chi connectivity index (χ3v) is 3.85. The number of nitrogens with one attached hydrogen (secondary N) is 1. The molecule has 1 saturated heterocycles. The first kappa shape index (κ1) is 10.7. The molecule has 88 valence electrons. The van der Waals surface area contributed by atoms with Crippen molar-refractivity contribution in [3.8, 4) is 0 Å². The lowest BCUT2D eigenvalue weighted by Gasteiger charge is -2.19. The van der Waals surface area contributed by atoms with Crippen LogP contribution in [0.1, 0.15) is 31.2 Å².